The van der Waals surface area contributed by atoms with Crippen molar-refractivity contribution in [3.05, 3.63) is 33.8 Å². The Bertz CT molecular complexity index is 461. The van der Waals surface area contributed by atoms with Gasteiger partial charge in [-0.25, -0.2) is 0 Å². The van der Waals surface area contributed by atoms with Gasteiger partial charge in [-0.05, 0) is 37.5 Å². The average molecular weight is 326 g/mol. The number of aryl methyl sites for hydroxylation is 2. The van der Waals surface area contributed by atoms with E-state index in [1.165, 1.54) is 11.1 Å². The number of amides is 1. The molecule has 19 heavy (non-hydrogen) atoms. The predicted molar refractivity (Wildman–Crippen MR) is 79.2 cm³/mol. The molecule has 1 aromatic rings. The summed E-state index contributed by atoms with van der Waals surface area (Å²) in [5.74, 6) is 0.225. The second kappa shape index (κ2) is 6.53. The molecule has 1 heterocycles. The molecule has 0 N–H and O–H groups in total. The first-order valence-corrected chi connectivity index (χ1v) is 7.50. The third-order valence-electron chi connectivity index (χ3n) is 3.41. The standard InChI is InChI=1S/C15H20BrNO2/c1-11-3-4-13(14(16)9-11)5-6-15(18)17-7-8-19-12(2)10-17/h3-4,9,12H,5-8,10H2,1-2H3. The van der Waals surface area contributed by atoms with Gasteiger partial charge in [-0.1, -0.05) is 28.1 Å². The van der Waals surface area contributed by atoms with E-state index in [2.05, 4.69) is 41.1 Å². The van der Waals surface area contributed by atoms with Crippen molar-refractivity contribution in [2.24, 2.45) is 0 Å². The van der Waals surface area contributed by atoms with Crippen LogP contribution in [0.25, 0.3) is 0 Å². The van der Waals surface area contributed by atoms with E-state index in [4.69, 9.17) is 4.74 Å². The number of benzene rings is 1. The van der Waals surface area contributed by atoms with Crippen molar-refractivity contribution in [3.63, 3.8) is 0 Å². The van der Waals surface area contributed by atoms with Crippen molar-refractivity contribution in [3.8, 4) is 0 Å². The van der Waals surface area contributed by atoms with Crippen LogP contribution in [0.2, 0.25) is 0 Å². The number of nitrogens with zero attached hydrogens (tertiary/aromatic N) is 1. The predicted octanol–water partition coefficient (Wildman–Crippen LogP) is 2.94. The van der Waals surface area contributed by atoms with E-state index in [-0.39, 0.29) is 12.0 Å². The molecule has 3 nitrogen and oxygen atoms in total. The van der Waals surface area contributed by atoms with Gasteiger partial charge in [0.25, 0.3) is 0 Å². The summed E-state index contributed by atoms with van der Waals surface area (Å²) in [5.41, 5.74) is 2.42. The van der Waals surface area contributed by atoms with Crippen LogP contribution in [0, 0.1) is 6.92 Å². The van der Waals surface area contributed by atoms with Crippen LogP contribution in [-0.2, 0) is 16.0 Å². The lowest BCUT2D eigenvalue weighted by Gasteiger charge is -2.31. The Morgan fingerprint density at radius 1 is 1.53 bits per heavy atom. The Hall–Kier alpha value is -0.870. The second-order valence-electron chi connectivity index (χ2n) is 5.12. The molecule has 1 atom stereocenters. The number of rotatable bonds is 3. The van der Waals surface area contributed by atoms with E-state index >= 15 is 0 Å². The first kappa shape index (κ1) is 14.5. The van der Waals surface area contributed by atoms with Crippen LogP contribution in [0.3, 0.4) is 0 Å². The third kappa shape index (κ3) is 4.05. The van der Waals surface area contributed by atoms with Gasteiger partial charge in [0.1, 0.15) is 0 Å². The molecule has 2 rings (SSSR count). The third-order valence-corrected chi connectivity index (χ3v) is 4.15. The normalized spacial score (nSPS) is 19.5. The van der Waals surface area contributed by atoms with Gasteiger partial charge in [-0.15, -0.1) is 0 Å². The number of halogens is 1. The maximum Gasteiger partial charge on any atom is 0.223 e. The van der Waals surface area contributed by atoms with Crippen molar-refractivity contribution in [1.82, 2.24) is 4.90 Å². The quantitative estimate of drug-likeness (QED) is 0.855. The fourth-order valence-electron chi connectivity index (χ4n) is 2.30. The molecular formula is C15H20BrNO2. The van der Waals surface area contributed by atoms with Crippen LogP contribution in [0.5, 0.6) is 0 Å². The second-order valence-corrected chi connectivity index (χ2v) is 5.97. The number of hydrogen-bond donors (Lipinski definition) is 0. The molecule has 1 saturated heterocycles. The van der Waals surface area contributed by atoms with Crippen LogP contribution in [0.15, 0.2) is 22.7 Å². The van der Waals surface area contributed by atoms with Gasteiger partial charge in [0, 0.05) is 24.0 Å². The van der Waals surface area contributed by atoms with Crippen molar-refractivity contribution < 1.29 is 9.53 Å². The molecule has 104 valence electrons. The lowest BCUT2D eigenvalue weighted by molar-refractivity contribution is -0.138. The minimum atomic E-state index is 0.156. The highest BCUT2D eigenvalue weighted by Crippen LogP contribution is 2.20. The van der Waals surface area contributed by atoms with E-state index in [1.54, 1.807) is 0 Å². The lowest BCUT2D eigenvalue weighted by atomic mass is 10.1. The van der Waals surface area contributed by atoms with Gasteiger partial charge in [0.15, 0.2) is 0 Å². The van der Waals surface area contributed by atoms with Crippen LogP contribution < -0.4 is 0 Å². The molecule has 0 aromatic heterocycles. The molecule has 1 aliphatic rings. The Kier molecular flexibility index (Phi) is 4.99. The van der Waals surface area contributed by atoms with Crippen LogP contribution in [0.1, 0.15) is 24.5 Å². The van der Waals surface area contributed by atoms with Gasteiger partial charge in [-0.2, -0.15) is 0 Å². The van der Waals surface area contributed by atoms with Crippen LogP contribution >= 0.6 is 15.9 Å². The molecule has 4 heteroatoms. The molecule has 0 aliphatic carbocycles. The maximum atomic E-state index is 12.2. The highest BCUT2D eigenvalue weighted by atomic mass is 79.9. The monoisotopic (exact) mass is 325 g/mol. The van der Waals surface area contributed by atoms with Crippen molar-refractivity contribution in [1.29, 1.82) is 0 Å². The number of morpholine rings is 1. The molecular weight excluding hydrogens is 306 g/mol. The summed E-state index contributed by atoms with van der Waals surface area (Å²) >= 11 is 3.56. The summed E-state index contributed by atoms with van der Waals surface area (Å²) < 4.78 is 6.55. The Balaban J connectivity index is 1.89. The highest BCUT2D eigenvalue weighted by Gasteiger charge is 2.21. The van der Waals surface area contributed by atoms with Gasteiger partial charge in [0.2, 0.25) is 5.91 Å². The van der Waals surface area contributed by atoms with Gasteiger partial charge < -0.3 is 9.64 Å². The van der Waals surface area contributed by atoms with Gasteiger partial charge >= 0.3 is 0 Å². The van der Waals surface area contributed by atoms with Crippen LogP contribution in [0.4, 0.5) is 0 Å². The van der Waals surface area contributed by atoms with E-state index in [1.807, 2.05) is 11.8 Å². The van der Waals surface area contributed by atoms with Crippen LogP contribution in [-0.4, -0.2) is 36.6 Å². The number of carbonyl (C=O) groups is 1. The van der Waals surface area contributed by atoms with Crippen molar-refractivity contribution in [2.45, 2.75) is 32.8 Å². The minimum absolute atomic E-state index is 0.156. The maximum absolute atomic E-state index is 12.2. The molecule has 1 amide bonds. The SMILES string of the molecule is Cc1ccc(CCC(=O)N2CCOC(C)C2)c(Br)c1. The Morgan fingerprint density at radius 2 is 2.32 bits per heavy atom. The number of hydrogen-bond acceptors (Lipinski definition) is 2. The molecule has 1 aliphatic heterocycles. The summed E-state index contributed by atoms with van der Waals surface area (Å²) in [7, 11) is 0. The highest BCUT2D eigenvalue weighted by molar-refractivity contribution is 9.10. The molecule has 1 fully saturated rings. The lowest BCUT2D eigenvalue weighted by Crippen LogP contribution is -2.44. The Morgan fingerprint density at radius 3 is 3.00 bits per heavy atom. The molecule has 1 aromatic carbocycles. The van der Waals surface area contributed by atoms with Gasteiger partial charge in [-0.3, -0.25) is 4.79 Å². The summed E-state index contributed by atoms with van der Waals surface area (Å²) in [5, 5.41) is 0. The Labute approximate surface area is 123 Å². The summed E-state index contributed by atoms with van der Waals surface area (Å²) in [6, 6.07) is 6.27. The smallest absolute Gasteiger partial charge is 0.223 e. The molecule has 0 radical (unpaired) electrons. The largest absolute Gasteiger partial charge is 0.375 e. The summed E-state index contributed by atoms with van der Waals surface area (Å²) in [6.07, 6.45) is 1.50. The average Bonchev–Trinajstić information content (AvgIpc) is 2.37. The van der Waals surface area contributed by atoms with Crippen molar-refractivity contribution in [2.75, 3.05) is 19.7 Å². The number of ether oxygens (including phenoxy) is 1. The molecule has 1 unspecified atom stereocenters. The fourth-order valence-corrected chi connectivity index (χ4v) is 2.99. The zero-order valence-corrected chi connectivity index (χ0v) is 13.1. The fraction of sp³-hybridized carbons (Fsp3) is 0.533. The first-order valence-electron chi connectivity index (χ1n) is 6.70. The van der Waals surface area contributed by atoms with E-state index in [9.17, 15) is 4.79 Å². The topological polar surface area (TPSA) is 29.5 Å². The zero-order valence-electron chi connectivity index (χ0n) is 11.5. The zero-order chi connectivity index (χ0) is 13.8. The van der Waals surface area contributed by atoms with E-state index in [0.29, 0.717) is 19.6 Å². The summed E-state index contributed by atoms with van der Waals surface area (Å²) in [6.45, 7) is 6.16. The molecule has 0 bridgehead atoms. The number of carbonyl (C=O) groups excluding carboxylic acids is 1. The van der Waals surface area contributed by atoms with Crippen molar-refractivity contribution >= 4 is 21.8 Å². The van der Waals surface area contributed by atoms with E-state index < -0.39 is 0 Å². The van der Waals surface area contributed by atoms with E-state index in [0.717, 1.165) is 17.4 Å². The minimum Gasteiger partial charge on any atom is -0.375 e. The van der Waals surface area contributed by atoms with Gasteiger partial charge in [0.05, 0.1) is 12.7 Å². The molecule has 0 spiro atoms. The molecule has 0 saturated carbocycles. The first-order chi connectivity index (χ1) is 9.06. The summed E-state index contributed by atoms with van der Waals surface area (Å²) in [4.78, 5) is 14.1.